The smallest absolute Gasteiger partial charge is 0.191 e. The van der Waals surface area contributed by atoms with E-state index in [4.69, 9.17) is 4.74 Å². The molecule has 2 aromatic rings. The first-order chi connectivity index (χ1) is 13.1. The Morgan fingerprint density at radius 3 is 2.54 bits per heavy atom. The molecule has 2 N–H and O–H groups in total. The second-order valence-electron chi connectivity index (χ2n) is 6.53. The number of hydrogen-bond donors (Lipinski definition) is 2. The van der Waals surface area contributed by atoms with Crippen LogP contribution in [0.5, 0.6) is 5.75 Å². The van der Waals surface area contributed by atoms with Crippen LogP contribution in [0.4, 0.5) is 4.39 Å². The fraction of sp³-hybridized carbons (Fsp3) is 0.381. The molecule has 2 rings (SSSR count). The molecule has 7 heteroatoms. The molecule has 28 heavy (non-hydrogen) atoms. The Morgan fingerprint density at radius 1 is 1.11 bits per heavy atom. The summed E-state index contributed by atoms with van der Waals surface area (Å²) >= 11 is 0. The summed E-state index contributed by atoms with van der Waals surface area (Å²) in [5.41, 5.74) is 1.71. The molecule has 0 saturated heterocycles. The maximum absolute atomic E-state index is 13.9. The van der Waals surface area contributed by atoms with E-state index in [0.717, 1.165) is 24.3 Å². The minimum Gasteiger partial charge on any atom is -0.494 e. The van der Waals surface area contributed by atoms with Gasteiger partial charge in [0.1, 0.15) is 11.6 Å². The minimum absolute atomic E-state index is 0. The highest BCUT2D eigenvalue weighted by Gasteiger charge is 2.06. The van der Waals surface area contributed by atoms with Gasteiger partial charge in [0.25, 0.3) is 0 Å². The first-order valence-electron chi connectivity index (χ1n) is 9.13. The van der Waals surface area contributed by atoms with Gasteiger partial charge in [-0.2, -0.15) is 0 Å². The lowest BCUT2D eigenvalue weighted by atomic mass is 10.1. The van der Waals surface area contributed by atoms with Crippen molar-refractivity contribution >= 4 is 29.9 Å². The molecule has 0 saturated carbocycles. The zero-order chi connectivity index (χ0) is 19.5. The number of benzene rings is 2. The molecular weight excluding hydrogens is 470 g/mol. The van der Waals surface area contributed by atoms with Gasteiger partial charge in [0.05, 0.1) is 6.61 Å². The van der Waals surface area contributed by atoms with Gasteiger partial charge in [-0.15, -0.1) is 24.0 Å². The molecule has 0 aromatic heterocycles. The Morgan fingerprint density at radius 2 is 1.86 bits per heavy atom. The first kappa shape index (κ1) is 24.2. The number of nitrogens with zero attached hydrogens (tertiary/aromatic N) is 2. The number of rotatable bonds is 9. The lowest BCUT2D eigenvalue weighted by Crippen LogP contribution is -2.37. The van der Waals surface area contributed by atoms with E-state index in [1.807, 2.05) is 55.4 Å². The molecular formula is C21H30FIN4O. The van der Waals surface area contributed by atoms with Gasteiger partial charge in [0, 0.05) is 32.2 Å². The number of para-hydroxylation sites is 1. The molecule has 0 atom stereocenters. The number of hydrogen-bond acceptors (Lipinski definition) is 3. The summed E-state index contributed by atoms with van der Waals surface area (Å²) < 4.78 is 19.5. The van der Waals surface area contributed by atoms with E-state index in [1.165, 1.54) is 6.07 Å². The average molecular weight is 500 g/mol. The third-order valence-electron chi connectivity index (χ3n) is 3.91. The SMILES string of the molecule is CN=C(NCCCOc1ccccc1)NCc1ccc(F)c(CN(C)C)c1.I. The van der Waals surface area contributed by atoms with Gasteiger partial charge in [-0.1, -0.05) is 24.3 Å². The molecule has 0 aliphatic heterocycles. The summed E-state index contributed by atoms with van der Waals surface area (Å²) in [6.45, 7) is 2.55. The van der Waals surface area contributed by atoms with E-state index in [-0.39, 0.29) is 29.8 Å². The summed E-state index contributed by atoms with van der Waals surface area (Å²) in [6, 6.07) is 15.0. The Kier molecular flexibility index (Phi) is 11.5. The monoisotopic (exact) mass is 500 g/mol. The van der Waals surface area contributed by atoms with Crippen molar-refractivity contribution < 1.29 is 9.13 Å². The maximum atomic E-state index is 13.9. The lowest BCUT2D eigenvalue weighted by molar-refractivity contribution is 0.311. The van der Waals surface area contributed by atoms with E-state index in [1.54, 1.807) is 13.1 Å². The van der Waals surface area contributed by atoms with Gasteiger partial charge >= 0.3 is 0 Å². The summed E-state index contributed by atoms with van der Waals surface area (Å²) in [5, 5.41) is 6.52. The van der Waals surface area contributed by atoms with Gasteiger partial charge in [0.15, 0.2) is 5.96 Å². The first-order valence-corrected chi connectivity index (χ1v) is 9.13. The molecule has 0 fully saturated rings. The predicted molar refractivity (Wildman–Crippen MR) is 124 cm³/mol. The highest BCUT2D eigenvalue weighted by Crippen LogP contribution is 2.12. The van der Waals surface area contributed by atoms with Crippen LogP contribution in [0.1, 0.15) is 17.5 Å². The second-order valence-corrected chi connectivity index (χ2v) is 6.53. The lowest BCUT2D eigenvalue weighted by Gasteiger charge is -2.14. The van der Waals surface area contributed by atoms with Gasteiger partial charge in [-0.05, 0) is 50.3 Å². The number of halogens is 2. The largest absolute Gasteiger partial charge is 0.494 e. The molecule has 0 aliphatic carbocycles. The van der Waals surface area contributed by atoms with E-state index < -0.39 is 0 Å². The van der Waals surface area contributed by atoms with E-state index in [9.17, 15) is 4.39 Å². The number of ether oxygens (including phenoxy) is 1. The quantitative estimate of drug-likeness (QED) is 0.239. The molecule has 0 spiro atoms. The normalized spacial score (nSPS) is 11.1. The van der Waals surface area contributed by atoms with Gasteiger partial charge < -0.3 is 20.3 Å². The molecule has 0 heterocycles. The van der Waals surface area contributed by atoms with Crippen LogP contribution in [0.2, 0.25) is 0 Å². The fourth-order valence-electron chi connectivity index (χ4n) is 2.59. The van der Waals surface area contributed by atoms with Gasteiger partial charge in [-0.25, -0.2) is 4.39 Å². The number of nitrogens with one attached hydrogen (secondary N) is 2. The van der Waals surface area contributed by atoms with Crippen LogP contribution < -0.4 is 15.4 Å². The van der Waals surface area contributed by atoms with Crippen molar-refractivity contribution in [3.8, 4) is 5.75 Å². The van der Waals surface area contributed by atoms with Crippen LogP contribution in [-0.2, 0) is 13.1 Å². The van der Waals surface area contributed by atoms with Crippen LogP contribution >= 0.6 is 24.0 Å². The standard InChI is InChI=1S/C21H29FN4O.HI/c1-23-21(24-12-7-13-27-19-8-5-4-6-9-19)25-15-17-10-11-20(22)18(14-17)16-26(2)3;/h4-6,8-11,14H,7,12-13,15-16H2,1-3H3,(H2,23,24,25);1H. The summed E-state index contributed by atoms with van der Waals surface area (Å²) in [6.07, 6.45) is 0.860. The van der Waals surface area contributed by atoms with Crippen molar-refractivity contribution in [1.29, 1.82) is 0 Å². The predicted octanol–water partition coefficient (Wildman–Crippen LogP) is 3.64. The van der Waals surface area contributed by atoms with Crippen molar-refractivity contribution in [2.24, 2.45) is 4.99 Å². The van der Waals surface area contributed by atoms with Crippen molar-refractivity contribution in [2.45, 2.75) is 19.5 Å². The molecule has 0 amide bonds. The van der Waals surface area contributed by atoms with Crippen molar-refractivity contribution in [3.05, 3.63) is 65.5 Å². The Bertz CT molecular complexity index is 726. The zero-order valence-electron chi connectivity index (χ0n) is 16.7. The Labute approximate surface area is 184 Å². The zero-order valence-corrected chi connectivity index (χ0v) is 19.1. The van der Waals surface area contributed by atoms with Crippen molar-refractivity contribution in [3.63, 3.8) is 0 Å². The topological polar surface area (TPSA) is 48.9 Å². The highest BCUT2D eigenvalue weighted by molar-refractivity contribution is 14.0. The van der Waals surface area contributed by atoms with E-state index in [0.29, 0.717) is 31.2 Å². The second kappa shape index (κ2) is 13.3. The van der Waals surface area contributed by atoms with Crippen LogP contribution in [0.15, 0.2) is 53.5 Å². The highest BCUT2D eigenvalue weighted by atomic mass is 127. The van der Waals surface area contributed by atoms with Crippen LogP contribution in [0, 0.1) is 5.82 Å². The van der Waals surface area contributed by atoms with Crippen LogP contribution in [0.25, 0.3) is 0 Å². The molecule has 2 aromatic carbocycles. The average Bonchev–Trinajstić information content (AvgIpc) is 2.66. The summed E-state index contributed by atoms with van der Waals surface area (Å²) in [5.74, 6) is 1.42. The number of aliphatic imine (C=N–C) groups is 1. The fourth-order valence-corrected chi connectivity index (χ4v) is 2.59. The summed E-state index contributed by atoms with van der Waals surface area (Å²) in [7, 11) is 5.59. The van der Waals surface area contributed by atoms with Gasteiger partial charge in [0.2, 0.25) is 0 Å². The summed E-state index contributed by atoms with van der Waals surface area (Å²) in [4.78, 5) is 6.17. The van der Waals surface area contributed by atoms with E-state index in [2.05, 4.69) is 15.6 Å². The Hall–Kier alpha value is -1.87. The molecule has 0 aliphatic rings. The molecule has 0 bridgehead atoms. The molecule has 154 valence electrons. The Balaban J connectivity index is 0.00000392. The van der Waals surface area contributed by atoms with Gasteiger partial charge in [-0.3, -0.25) is 4.99 Å². The molecule has 5 nitrogen and oxygen atoms in total. The van der Waals surface area contributed by atoms with Crippen molar-refractivity contribution in [1.82, 2.24) is 15.5 Å². The third-order valence-corrected chi connectivity index (χ3v) is 3.91. The van der Waals surface area contributed by atoms with Crippen LogP contribution in [0.3, 0.4) is 0 Å². The third kappa shape index (κ3) is 8.88. The van der Waals surface area contributed by atoms with E-state index >= 15 is 0 Å². The minimum atomic E-state index is -0.173. The molecule has 0 radical (unpaired) electrons. The maximum Gasteiger partial charge on any atom is 0.191 e. The van der Waals surface area contributed by atoms with Crippen molar-refractivity contribution in [2.75, 3.05) is 34.3 Å². The van der Waals surface area contributed by atoms with Crippen LogP contribution in [-0.4, -0.2) is 45.2 Å². The molecule has 0 unspecified atom stereocenters. The number of guanidine groups is 1.